The predicted octanol–water partition coefficient (Wildman–Crippen LogP) is 8.69. The first kappa shape index (κ1) is 50.2. The molecule has 7 aromatic rings. The fourth-order valence-electron chi connectivity index (χ4n) is 8.49. The van der Waals surface area contributed by atoms with Gasteiger partial charge in [0.05, 0.1) is 13.7 Å². The van der Waals surface area contributed by atoms with Crippen molar-refractivity contribution in [2.45, 2.75) is 29.7 Å². The van der Waals surface area contributed by atoms with Gasteiger partial charge in [-0.2, -0.15) is 0 Å². The van der Waals surface area contributed by atoms with Crippen LogP contribution in [-0.2, 0) is 45.6 Å². The number of nitrogens with zero attached hydrogens (tertiary/aromatic N) is 3. The Kier molecular flexibility index (Phi) is 16.3. The predicted molar refractivity (Wildman–Crippen MR) is 283 cm³/mol. The minimum Gasteiger partial charge on any atom is -0.497 e. The van der Waals surface area contributed by atoms with Crippen LogP contribution in [0.1, 0.15) is 45.2 Å². The molecule has 3 N–H and O–H groups in total. The summed E-state index contributed by atoms with van der Waals surface area (Å²) in [7, 11) is 1.56. The quantitative estimate of drug-likeness (QED) is 0.0205. The summed E-state index contributed by atoms with van der Waals surface area (Å²) in [5.74, 6) is -1.60. The molecule has 0 saturated carbocycles. The number of benzene rings is 6. The van der Waals surface area contributed by atoms with Crippen LogP contribution in [0.4, 0.5) is 5.13 Å². The number of nitrogens with one attached hydrogen (secondary N) is 2. The van der Waals surface area contributed by atoms with E-state index in [9.17, 15) is 24.3 Å². The van der Waals surface area contributed by atoms with Gasteiger partial charge in [-0.05, 0) is 45.5 Å². The number of ether oxygens (including phenoxy) is 3. The van der Waals surface area contributed by atoms with Gasteiger partial charge >= 0.3 is 11.9 Å². The molecule has 14 nitrogen and oxygen atoms in total. The first-order valence-electron chi connectivity index (χ1n) is 23.2. The molecule has 1 fully saturated rings. The number of thioether (sulfide) groups is 2. The zero-order valence-electron chi connectivity index (χ0n) is 39.4. The normalized spacial score (nSPS) is 15.5. The van der Waals surface area contributed by atoms with E-state index in [1.807, 2.05) is 152 Å². The third-order valence-electron chi connectivity index (χ3n) is 12.0. The number of hydrogen-bond donors (Lipinski definition) is 3. The van der Waals surface area contributed by atoms with Gasteiger partial charge in [0.15, 0.2) is 16.9 Å². The van der Waals surface area contributed by atoms with Crippen molar-refractivity contribution in [2.75, 3.05) is 37.1 Å². The van der Waals surface area contributed by atoms with E-state index < -0.39 is 53.4 Å². The Hall–Kier alpha value is -7.70. The Morgan fingerprint density at radius 3 is 1.92 bits per heavy atom. The van der Waals surface area contributed by atoms with E-state index >= 15 is 0 Å². The van der Waals surface area contributed by atoms with Gasteiger partial charge in [0.1, 0.15) is 40.7 Å². The van der Waals surface area contributed by atoms with Crippen LogP contribution in [0.5, 0.6) is 5.75 Å². The van der Waals surface area contributed by atoms with Crippen LogP contribution >= 0.6 is 34.9 Å². The molecule has 370 valence electrons. The molecular weight excluding hydrogens is 983 g/mol. The van der Waals surface area contributed by atoms with Crippen LogP contribution in [0.15, 0.2) is 197 Å². The highest BCUT2D eigenvalue weighted by molar-refractivity contribution is 8.06. The topological polar surface area (TPSA) is 178 Å². The van der Waals surface area contributed by atoms with E-state index in [2.05, 4.69) is 15.8 Å². The number of aliphatic hydroxyl groups is 1. The summed E-state index contributed by atoms with van der Waals surface area (Å²) < 4.78 is 16.9. The van der Waals surface area contributed by atoms with Crippen molar-refractivity contribution >= 4 is 69.5 Å². The molecule has 0 unspecified atom stereocenters. The molecule has 0 radical (unpaired) electrons. The summed E-state index contributed by atoms with van der Waals surface area (Å²) in [6.45, 7) is -0.882. The molecule has 0 bridgehead atoms. The van der Waals surface area contributed by atoms with Gasteiger partial charge in [0.25, 0.3) is 11.8 Å². The second-order valence-corrected chi connectivity index (χ2v) is 19.7. The zero-order chi connectivity index (χ0) is 50.6. The number of esters is 2. The summed E-state index contributed by atoms with van der Waals surface area (Å²) in [5, 5.41) is 21.8. The first-order valence-corrected chi connectivity index (χ1v) is 26.1. The number of carbonyl (C=O) groups excluding carboxylic acids is 4. The summed E-state index contributed by atoms with van der Waals surface area (Å²) in [6, 6.07) is 54.4. The van der Waals surface area contributed by atoms with Crippen LogP contribution < -0.4 is 15.4 Å². The Bertz CT molecular complexity index is 2940. The average molecular weight is 1030 g/mol. The van der Waals surface area contributed by atoms with Gasteiger partial charge in [0, 0.05) is 21.8 Å². The Balaban J connectivity index is 1.00. The number of rotatable bonds is 21. The molecular formula is C56H49N5O9S3. The largest absolute Gasteiger partial charge is 0.497 e. The lowest BCUT2D eigenvalue weighted by Crippen LogP contribution is -2.71. The lowest BCUT2D eigenvalue weighted by Gasteiger charge is -2.49. The van der Waals surface area contributed by atoms with Crippen molar-refractivity contribution in [3.8, 4) is 5.75 Å². The van der Waals surface area contributed by atoms with Crippen molar-refractivity contribution in [3.05, 3.63) is 231 Å². The van der Waals surface area contributed by atoms with E-state index in [1.54, 1.807) is 36.8 Å². The number of aliphatic hydroxyl groups excluding tert-OH is 1. The molecule has 9 rings (SSSR count). The highest BCUT2D eigenvalue weighted by Gasteiger charge is 2.55. The summed E-state index contributed by atoms with van der Waals surface area (Å²) in [4.78, 5) is 68.7. The molecule has 17 heteroatoms. The third kappa shape index (κ3) is 11.3. The van der Waals surface area contributed by atoms with Gasteiger partial charge < -0.3 is 34.8 Å². The van der Waals surface area contributed by atoms with Gasteiger partial charge in [-0.15, -0.1) is 34.9 Å². The molecule has 3 heterocycles. The monoisotopic (exact) mass is 1030 g/mol. The molecule has 2 atom stereocenters. The number of aromatic nitrogens is 1. The summed E-state index contributed by atoms with van der Waals surface area (Å²) in [5.41, 5.74) is 3.86. The molecule has 0 aliphatic carbocycles. The molecule has 2 aliphatic heterocycles. The van der Waals surface area contributed by atoms with Gasteiger partial charge in [-0.3, -0.25) is 14.5 Å². The van der Waals surface area contributed by atoms with Crippen LogP contribution in [-0.4, -0.2) is 87.7 Å². The molecule has 1 aromatic heterocycles. The van der Waals surface area contributed by atoms with E-state index in [0.29, 0.717) is 27.1 Å². The van der Waals surface area contributed by atoms with Crippen LogP contribution in [0.2, 0.25) is 0 Å². The second-order valence-electron chi connectivity index (χ2n) is 16.5. The highest BCUT2D eigenvalue weighted by Crippen LogP contribution is 2.44. The number of hydrogen-bond acceptors (Lipinski definition) is 15. The van der Waals surface area contributed by atoms with Gasteiger partial charge in [-0.25, -0.2) is 14.6 Å². The maximum Gasteiger partial charge on any atom is 0.356 e. The summed E-state index contributed by atoms with van der Waals surface area (Å²) in [6.07, 6.45) is -0.752. The van der Waals surface area contributed by atoms with Crippen molar-refractivity contribution in [1.29, 1.82) is 0 Å². The number of anilines is 1. The van der Waals surface area contributed by atoms with Crippen molar-refractivity contribution < 1.29 is 43.3 Å². The molecule has 1 saturated heterocycles. The van der Waals surface area contributed by atoms with Gasteiger partial charge in [-0.1, -0.05) is 169 Å². The minimum atomic E-state index is -1.10. The molecule has 2 aliphatic rings. The van der Waals surface area contributed by atoms with E-state index in [1.165, 1.54) is 39.8 Å². The standard InChI is InChI=1S/C56H49N5O9S3/c1-67-43-29-27-37(28-30-43)33-68-54(66)49-45(71-32-31-62)36-72-53-48(52(65)61(49)53)58-51(64)47(60-69-34-46(63)70-50(38-17-7-2-8-18-38)39-19-9-3-10-20-39)44-35-73-55(57-44)59-56(40-21-11-4-12-22-40,41-23-13-5-14-24-41)42-25-15-6-16-26-42/h2-30,35,48,50,53,62H,31-34,36H2,1H3,(H,57,59)(H,58,64)/b60-47-/t48-,53+/m1/s1. The highest BCUT2D eigenvalue weighted by atomic mass is 32.2. The molecule has 2 amide bonds. The number of carbonyl (C=O) groups is 4. The van der Waals surface area contributed by atoms with E-state index in [-0.39, 0.29) is 36.1 Å². The SMILES string of the molecule is COc1ccc(COC(=O)C2=C(SCCO)CS[C@H]3[C@H](NC(=O)/C(=N\OCC(=O)OC(c4ccccc4)c4ccccc4)c4csc(NC(c5ccccc5)(c5ccccc5)c5ccccc5)n4)C(=O)N23)cc1. The Labute approximate surface area is 434 Å². The van der Waals surface area contributed by atoms with Crippen LogP contribution in [0.25, 0.3) is 0 Å². The number of methoxy groups -OCH3 is 1. The van der Waals surface area contributed by atoms with E-state index in [0.717, 1.165) is 27.8 Å². The lowest BCUT2D eigenvalue weighted by molar-refractivity contribution is -0.153. The summed E-state index contributed by atoms with van der Waals surface area (Å²) >= 11 is 3.84. The molecule has 73 heavy (non-hydrogen) atoms. The minimum absolute atomic E-state index is 0.0557. The van der Waals surface area contributed by atoms with Gasteiger partial charge in [0.2, 0.25) is 6.61 Å². The molecule has 0 spiro atoms. The number of thiazole rings is 1. The average Bonchev–Trinajstić information content (AvgIpc) is 3.92. The van der Waals surface area contributed by atoms with Crippen molar-refractivity contribution in [1.82, 2.24) is 15.2 Å². The fourth-order valence-corrected chi connectivity index (χ4v) is 11.6. The lowest BCUT2D eigenvalue weighted by atomic mass is 9.77. The van der Waals surface area contributed by atoms with Crippen LogP contribution in [0.3, 0.4) is 0 Å². The second kappa shape index (κ2) is 23.7. The van der Waals surface area contributed by atoms with Crippen molar-refractivity contribution in [3.63, 3.8) is 0 Å². The number of amides is 2. The third-order valence-corrected chi connectivity index (χ3v) is 15.3. The van der Waals surface area contributed by atoms with E-state index in [4.69, 9.17) is 24.0 Å². The molecule has 6 aromatic carbocycles. The maximum absolute atomic E-state index is 14.7. The Morgan fingerprint density at radius 2 is 1.37 bits per heavy atom. The number of fused-ring (bicyclic) bond motifs is 1. The number of β-lactam (4-membered cyclic amide) rings is 1. The fraction of sp³-hybridized carbons (Fsp3) is 0.179. The smallest absolute Gasteiger partial charge is 0.356 e. The van der Waals surface area contributed by atoms with Crippen LogP contribution in [0, 0.1) is 0 Å². The van der Waals surface area contributed by atoms with Crippen molar-refractivity contribution in [2.24, 2.45) is 5.16 Å². The first-order chi connectivity index (χ1) is 35.8. The number of oxime groups is 1. The Morgan fingerprint density at radius 1 is 0.808 bits per heavy atom. The zero-order valence-corrected chi connectivity index (χ0v) is 41.8. The maximum atomic E-state index is 14.7.